The molecule has 0 spiro atoms. The van der Waals surface area contributed by atoms with Crippen LogP contribution in [0.25, 0.3) is 0 Å². The summed E-state index contributed by atoms with van der Waals surface area (Å²) in [4.78, 5) is 0. The van der Waals surface area contributed by atoms with E-state index >= 15 is 0 Å². The Morgan fingerprint density at radius 2 is 1.78 bits per heavy atom. The van der Waals surface area contributed by atoms with E-state index in [1.54, 1.807) is 0 Å². The predicted octanol–water partition coefficient (Wildman–Crippen LogP) is 2.26. The van der Waals surface area contributed by atoms with Gasteiger partial charge in [0.2, 0.25) is 0 Å². The molecule has 0 radical (unpaired) electrons. The molecule has 0 aromatic carbocycles. The van der Waals surface area contributed by atoms with E-state index in [0.29, 0.717) is 11.2 Å². The van der Waals surface area contributed by atoms with E-state index in [2.05, 4.69) is 46.0 Å². The van der Waals surface area contributed by atoms with Gasteiger partial charge in [-0.05, 0) is 18.8 Å². The summed E-state index contributed by atoms with van der Waals surface area (Å²) in [5.74, 6) is 1.44. The first-order valence-electron chi connectivity index (χ1n) is 3.38. The Morgan fingerprint density at radius 1 is 1.33 bits per heavy atom. The van der Waals surface area contributed by atoms with Gasteiger partial charge < -0.3 is 0 Å². The maximum atomic E-state index is 4.51. The third kappa shape index (κ3) is 0.911. The van der Waals surface area contributed by atoms with Crippen molar-refractivity contribution in [2.45, 2.75) is 30.8 Å². The van der Waals surface area contributed by atoms with Gasteiger partial charge in [0.1, 0.15) is 0 Å². The zero-order chi connectivity index (χ0) is 7.23. The standard InChI is InChI=1S/C7H14S2/c1-4-5(2)7(3,9)6(4)8/h4-6,8-9H,1-3H3/t4-,5?,6?,7?/m0/s1. The fraction of sp³-hybridized carbons (Fsp3) is 1.00. The molecular weight excluding hydrogens is 148 g/mol. The maximum Gasteiger partial charge on any atom is 0.0248 e. The van der Waals surface area contributed by atoms with E-state index in [0.717, 1.165) is 5.92 Å². The van der Waals surface area contributed by atoms with Crippen LogP contribution in [0, 0.1) is 11.8 Å². The van der Waals surface area contributed by atoms with Gasteiger partial charge in [-0.2, -0.15) is 25.3 Å². The molecule has 1 aliphatic rings. The van der Waals surface area contributed by atoms with Crippen molar-refractivity contribution in [1.82, 2.24) is 0 Å². The van der Waals surface area contributed by atoms with Crippen LogP contribution in [0.5, 0.6) is 0 Å². The Morgan fingerprint density at radius 3 is 1.89 bits per heavy atom. The topological polar surface area (TPSA) is 0 Å². The highest BCUT2D eigenvalue weighted by Gasteiger charge is 2.50. The van der Waals surface area contributed by atoms with Gasteiger partial charge in [-0.25, -0.2) is 0 Å². The lowest BCUT2D eigenvalue weighted by Crippen LogP contribution is -2.56. The Hall–Kier alpha value is 0.700. The van der Waals surface area contributed by atoms with Crippen LogP contribution in [0.2, 0.25) is 0 Å². The summed E-state index contributed by atoms with van der Waals surface area (Å²) in [5.41, 5.74) is 0. The van der Waals surface area contributed by atoms with Crippen molar-refractivity contribution in [1.29, 1.82) is 0 Å². The minimum absolute atomic E-state index is 0.169. The van der Waals surface area contributed by atoms with E-state index in [1.807, 2.05) is 0 Å². The number of hydrogen-bond donors (Lipinski definition) is 2. The van der Waals surface area contributed by atoms with Crippen LogP contribution < -0.4 is 0 Å². The first-order valence-corrected chi connectivity index (χ1v) is 4.34. The van der Waals surface area contributed by atoms with Gasteiger partial charge in [-0.15, -0.1) is 0 Å². The summed E-state index contributed by atoms with van der Waals surface area (Å²) >= 11 is 8.96. The number of hydrogen-bond acceptors (Lipinski definition) is 2. The fourth-order valence-corrected chi connectivity index (χ4v) is 2.45. The Bertz CT molecular complexity index is 108. The van der Waals surface area contributed by atoms with Gasteiger partial charge in [0.25, 0.3) is 0 Å². The second kappa shape index (κ2) is 2.09. The van der Waals surface area contributed by atoms with Gasteiger partial charge in [-0.1, -0.05) is 13.8 Å². The molecule has 0 bridgehead atoms. The number of rotatable bonds is 0. The quantitative estimate of drug-likeness (QED) is 0.502. The second-order valence-electron chi connectivity index (χ2n) is 3.32. The SMILES string of the molecule is CC1[C@H](C)C(S)C1(C)S. The molecule has 1 fully saturated rings. The van der Waals surface area contributed by atoms with E-state index in [-0.39, 0.29) is 4.75 Å². The normalized spacial score (nSPS) is 59.0. The predicted molar refractivity (Wildman–Crippen MR) is 48.5 cm³/mol. The van der Waals surface area contributed by atoms with E-state index in [9.17, 15) is 0 Å². The summed E-state index contributed by atoms with van der Waals surface area (Å²) in [7, 11) is 0. The highest BCUT2D eigenvalue weighted by Crippen LogP contribution is 2.50. The molecule has 1 rings (SSSR count). The lowest BCUT2D eigenvalue weighted by Gasteiger charge is -2.53. The van der Waals surface area contributed by atoms with Crippen molar-refractivity contribution in [3.8, 4) is 0 Å². The molecule has 0 amide bonds. The van der Waals surface area contributed by atoms with Crippen LogP contribution in [0.15, 0.2) is 0 Å². The van der Waals surface area contributed by atoms with Crippen LogP contribution in [0.3, 0.4) is 0 Å². The maximum absolute atomic E-state index is 4.51. The van der Waals surface area contributed by atoms with Crippen molar-refractivity contribution in [3.05, 3.63) is 0 Å². The summed E-state index contributed by atoms with van der Waals surface area (Å²) in [6, 6.07) is 0. The summed E-state index contributed by atoms with van der Waals surface area (Å²) < 4.78 is 0.169. The fourth-order valence-electron chi connectivity index (χ4n) is 1.49. The first kappa shape index (κ1) is 7.80. The van der Waals surface area contributed by atoms with Crippen molar-refractivity contribution in [2.75, 3.05) is 0 Å². The van der Waals surface area contributed by atoms with Gasteiger partial charge >= 0.3 is 0 Å². The molecule has 4 atom stereocenters. The Balaban J connectivity index is 2.62. The van der Waals surface area contributed by atoms with Crippen LogP contribution in [0.1, 0.15) is 20.8 Å². The van der Waals surface area contributed by atoms with Crippen LogP contribution in [-0.4, -0.2) is 10.00 Å². The third-order valence-corrected chi connectivity index (χ3v) is 4.70. The highest BCUT2D eigenvalue weighted by molar-refractivity contribution is 7.86. The highest BCUT2D eigenvalue weighted by atomic mass is 32.1. The third-order valence-electron chi connectivity index (χ3n) is 2.81. The van der Waals surface area contributed by atoms with Crippen molar-refractivity contribution in [3.63, 3.8) is 0 Å². The molecule has 2 heteroatoms. The van der Waals surface area contributed by atoms with Crippen molar-refractivity contribution < 1.29 is 0 Å². The molecule has 0 heterocycles. The van der Waals surface area contributed by atoms with Crippen molar-refractivity contribution in [2.24, 2.45) is 11.8 Å². The van der Waals surface area contributed by atoms with E-state index in [1.165, 1.54) is 0 Å². The van der Waals surface area contributed by atoms with Gasteiger partial charge in [-0.3, -0.25) is 0 Å². The molecule has 0 aromatic heterocycles. The smallest absolute Gasteiger partial charge is 0.0248 e. The molecule has 1 saturated carbocycles. The van der Waals surface area contributed by atoms with E-state index < -0.39 is 0 Å². The average Bonchev–Trinajstić information content (AvgIpc) is 1.84. The Kier molecular flexibility index (Phi) is 1.81. The van der Waals surface area contributed by atoms with Gasteiger partial charge in [0, 0.05) is 10.00 Å². The zero-order valence-corrected chi connectivity index (χ0v) is 7.92. The summed E-state index contributed by atoms with van der Waals surface area (Å²) in [6.07, 6.45) is 0. The first-order chi connectivity index (χ1) is 3.98. The number of thiol groups is 2. The molecule has 0 saturated heterocycles. The minimum atomic E-state index is 0.169. The average molecular weight is 162 g/mol. The van der Waals surface area contributed by atoms with Crippen LogP contribution in [0.4, 0.5) is 0 Å². The lowest BCUT2D eigenvalue weighted by atomic mass is 9.66. The van der Waals surface area contributed by atoms with Gasteiger partial charge in [0.15, 0.2) is 0 Å². The zero-order valence-electron chi connectivity index (χ0n) is 6.13. The lowest BCUT2D eigenvalue weighted by molar-refractivity contribution is 0.170. The molecule has 3 unspecified atom stereocenters. The van der Waals surface area contributed by atoms with Crippen LogP contribution >= 0.6 is 25.3 Å². The van der Waals surface area contributed by atoms with Crippen molar-refractivity contribution >= 4 is 25.3 Å². The second-order valence-corrected chi connectivity index (χ2v) is 4.84. The minimum Gasteiger partial charge on any atom is -0.174 e. The summed E-state index contributed by atoms with van der Waals surface area (Å²) in [6.45, 7) is 6.64. The monoisotopic (exact) mass is 162 g/mol. The Labute approximate surface area is 68.2 Å². The molecule has 1 aliphatic carbocycles. The molecule has 0 aliphatic heterocycles. The molecule has 0 aromatic rings. The molecular formula is C7H14S2. The molecule has 0 N–H and O–H groups in total. The largest absolute Gasteiger partial charge is 0.174 e. The summed E-state index contributed by atoms with van der Waals surface area (Å²) in [5, 5.41) is 0.482. The van der Waals surface area contributed by atoms with Gasteiger partial charge in [0.05, 0.1) is 0 Å². The van der Waals surface area contributed by atoms with E-state index in [4.69, 9.17) is 0 Å². The molecule has 0 nitrogen and oxygen atoms in total. The molecule has 54 valence electrons. The van der Waals surface area contributed by atoms with Crippen LogP contribution in [-0.2, 0) is 0 Å². The molecule has 9 heavy (non-hydrogen) atoms.